The topological polar surface area (TPSA) is 105 Å². The van der Waals surface area contributed by atoms with Crippen molar-refractivity contribution in [3.05, 3.63) is 90.3 Å². The normalized spacial score (nSPS) is 14.5. The van der Waals surface area contributed by atoms with Gasteiger partial charge in [0.25, 0.3) is 5.91 Å². The quantitative estimate of drug-likeness (QED) is 0.496. The molecule has 154 valence electrons. The van der Waals surface area contributed by atoms with Crippen LogP contribution >= 0.6 is 0 Å². The van der Waals surface area contributed by atoms with Gasteiger partial charge >= 0.3 is 0 Å². The molecule has 0 amide bonds. The van der Waals surface area contributed by atoms with Crippen molar-refractivity contribution in [3.8, 4) is 17.6 Å². The first kappa shape index (κ1) is 19.2. The average molecular weight is 420 g/mol. The molecule has 1 unspecified atom stereocenters. The molecule has 2 aromatic heterocycles. The molecule has 0 bridgehead atoms. The van der Waals surface area contributed by atoms with E-state index in [0.717, 1.165) is 5.56 Å². The highest BCUT2D eigenvalue weighted by Crippen LogP contribution is 2.33. The van der Waals surface area contributed by atoms with E-state index in [4.69, 9.17) is 4.74 Å². The number of aliphatic imine (C=N–C) groups is 1. The smallest absolute Gasteiger partial charge is 0.261 e. The first-order valence-corrected chi connectivity index (χ1v) is 9.84. The molecule has 8 nitrogen and oxygen atoms in total. The summed E-state index contributed by atoms with van der Waals surface area (Å²) in [4.78, 5) is 21.3. The lowest BCUT2D eigenvalue weighted by atomic mass is 9.99. The molecule has 1 aliphatic heterocycles. The predicted octanol–water partition coefficient (Wildman–Crippen LogP) is 4.83. The van der Waals surface area contributed by atoms with Gasteiger partial charge in [0.2, 0.25) is 0 Å². The molecule has 4 aromatic rings. The lowest BCUT2D eigenvalue weighted by Crippen LogP contribution is -2.25. The Bertz CT molecular complexity index is 1340. The largest absolute Gasteiger partial charge is 0.457 e. The van der Waals surface area contributed by atoms with E-state index < -0.39 is 5.92 Å². The Morgan fingerprint density at radius 3 is 2.41 bits per heavy atom. The number of anilines is 2. The Morgan fingerprint density at radius 2 is 1.69 bits per heavy atom. The van der Waals surface area contributed by atoms with Crippen LogP contribution in [0.4, 0.5) is 17.3 Å². The minimum Gasteiger partial charge on any atom is -0.457 e. The third kappa shape index (κ3) is 3.59. The molecule has 0 fully saturated rings. The van der Waals surface area contributed by atoms with Crippen LogP contribution in [0.15, 0.2) is 84.1 Å². The number of rotatable bonds is 5. The van der Waals surface area contributed by atoms with Gasteiger partial charge in [-0.3, -0.25) is 9.78 Å². The average Bonchev–Trinajstić information content (AvgIpc) is 3.20. The summed E-state index contributed by atoms with van der Waals surface area (Å²) in [5.41, 5.74) is 1.72. The van der Waals surface area contributed by atoms with Crippen molar-refractivity contribution >= 4 is 29.4 Å². The maximum Gasteiger partial charge on any atom is 0.261 e. The van der Waals surface area contributed by atoms with Crippen molar-refractivity contribution in [3.63, 3.8) is 0 Å². The maximum absolute atomic E-state index is 13.0. The van der Waals surface area contributed by atoms with Gasteiger partial charge in [0.1, 0.15) is 29.0 Å². The number of hydrogen-bond donors (Lipinski definition) is 1. The van der Waals surface area contributed by atoms with Crippen LogP contribution in [0, 0.1) is 11.3 Å². The maximum atomic E-state index is 13.0. The number of pyridine rings is 1. The molecular weight excluding hydrogens is 404 g/mol. The lowest BCUT2D eigenvalue weighted by Gasteiger charge is -2.15. The number of benzene rings is 2. The van der Waals surface area contributed by atoms with Gasteiger partial charge in [-0.05, 0) is 42.0 Å². The highest BCUT2D eigenvalue weighted by atomic mass is 16.5. The van der Waals surface area contributed by atoms with E-state index >= 15 is 0 Å². The number of fused-ring (bicyclic) bond motifs is 1. The van der Waals surface area contributed by atoms with Crippen molar-refractivity contribution in [2.75, 3.05) is 5.32 Å². The van der Waals surface area contributed by atoms with Crippen LogP contribution < -0.4 is 10.1 Å². The summed E-state index contributed by atoms with van der Waals surface area (Å²) < 4.78 is 6.95. The molecule has 0 saturated heterocycles. The second kappa shape index (κ2) is 8.16. The van der Waals surface area contributed by atoms with Crippen LogP contribution in [0.2, 0.25) is 0 Å². The molecule has 1 aliphatic rings. The van der Waals surface area contributed by atoms with Crippen LogP contribution in [0.1, 0.15) is 21.8 Å². The van der Waals surface area contributed by atoms with Crippen molar-refractivity contribution in [1.29, 1.82) is 5.26 Å². The Kier molecular flexibility index (Phi) is 4.90. The summed E-state index contributed by atoms with van der Waals surface area (Å²) in [5, 5.41) is 17.1. The van der Waals surface area contributed by atoms with E-state index in [1.54, 1.807) is 55.0 Å². The lowest BCUT2D eigenvalue weighted by molar-refractivity contribution is 0.0888. The van der Waals surface area contributed by atoms with Crippen molar-refractivity contribution < 1.29 is 9.53 Å². The molecule has 3 heterocycles. The minimum absolute atomic E-state index is 0.207. The van der Waals surface area contributed by atoms with Gasteiger partial charge in [-0.15, -0.1) is 5.10 Å². The zero-order chi connectivity index (χ0) is 21.9. The first-order valence-electron chi connectivity index (χ1n) is 9.84. The highest BCUT2D eigenvalue weighted by Gasteiger charge is 2.31. The third-order valence-electron chi connectivity index (χ3n) is 4.95. The summed E-state index contributed by atoms with van der Waals surface area (Å²) in [6, 6.07) is 22.2. The van der Waals surface area contributed by atoms with Crippen LogP contribution in [0.3, 0.4) is 0 Å². The van der Waals surface area contributed by atoms with E-state index in [-0.39, 0.29) is 23.1 Å². The van der Waals surface area contributed by atoms with Gasteiger partial charge < -0.3 is 10.1 Å². The van der Waals surface area contributed by atoms with E-state index in [9.17, 15) is 10.1 Å². The van der Waals surface area contributed by atoms with Gasteiger partial charge in [-0.2, -0.15) is 9.94 Å². The summed E-state index contributed by atoms with van der Waals surface area (Å²) >= 11 is 0. The monoisotopic (exact) mass is 420 g/mol. The molecule has 0 spiro atoms. The van der Waals surface area contributed by atoms with Gasteiger partial charge in [0.05, 0.1) is 0 Å². The van der Waals surface area contributed by atoms with Gasteiger partial charge in [-0.1, -0.05) is 30.3 Å². The Balaban J connectivity index is 1.39. The van der Waals surface area contributed by atoms with Gasteiger partial charge in [0.15, 0.2) is 11.6 Å². The van der Waals surface area contributed by atoms with Crippen LogP contribution in [0.5, 0.6) is 11.5 Å². The summed E-state index contributed by atoms with van der Waals surface area (Å²) in [6.07, 6.45) is 4.87. The molecule has 1 atom stereocenters. The van der Waals surface area contributed by atoms with Gasteiger partial charge in [-0.25, -0.2) is 4.99 Å². The van der Waals surface area contributed by atoms with E-state index in [0.29, 0.717) is 17.2 Å². The van der Waals surface area contributed by atoms with E-state index in [2.05, 4.69) is 26.5 Å². The Labute approximate surface area is 183 Å². The zero-order valence-corrected chi connectivity index (χ0v) is 16.7. The molecule has 8 heteroatoms. The molecule has 0 saturated carbocycles. The third-order valence-corrected chi connectivity index (χ3v) is 4.95. The zero-order valence-electron chi connectivity index (χ0n) is 16.7. The molecule has 0 radical (unpaired) electrons. The summed E-state index contributed by atoms with van der Waals surface area (Å²) in [7, 11) is 0. The number of ether oxygens (including phenoxy) is 1. The minimum atomic E-state index is -0.549. The number of carbonyl (C=O) groups excluding carboxylic acids is 1. The molecule has 1 N–H and O–H groups in total. The standard InChI is InChI=1S/C24H16N6O2/c25-14-20-22(28-17-6-8-18(9-7-17)32-19-10-12-26-13-11-19)29-30-23(20)27-15-21(24(30)31)16-4-2-1-3-5-16/h1-13,15,21H,(H,28,29). The molecular formula is C24H16N6O2. The summed E-state index contributed by atoms with van der Waals surface area (Å²) in [5.74, 6) is 1.02. The summed E-state index contributed by atoms with van der Waals surface area (Å²) in [6.45, 7) is 0. The number of aromatic nitrogens is 3. The molecule has 5 rings (SSSR count). The molecule has 2 aromatic carbocycles. The molecule has 0 aliphatic carbocycles. The number of carbonyl (C=O) groups is 1. The van der Waals surface area contributed by atoms with Crippen LogP contribution in [0.25, 0.3) is 0 Å². The fraction of sp³-hybridized carbons (Fsp3) is 0.0417. The number of nitrogens with zero attached hydrogens (tertiary/aromatic N) is 5. The van der Waals surface area contributed by atoms with Gasteiger partial charge in [0, 0.05) is 24.3 Å². The molecule has 32 heavy (non-hydrogen) atoms. The first-order chi connectivity index (χ1) is 15.7. The predicted molar refractivity (Wildman–Crippen MR) is 119 cm³/mol. The highest BCUT2D eigenvalue weighted by molar-refractivity contribution is 6.05. The Morgan fingerprint density at radius 1 is 0.969 bits per heavy atom. The fourth-order valence-corrected chi connectivity index (χ4v) is 3.39. The van der Waals surface area contributed by atoms with Crippen LogP contribution in [-0.4, -0.2) is 26.9 Å². The van der Waals surface area contributed by atoms with E-state index in [1.165, 1.54) is 4.68 Å². The van der Waals surface area contributed by atoms with Crippen molar-refractivity contribution in [2.24, 2.45) is 4.99 Å². The SMILES string of the molecule is N#Cc1c(Nc2ccc(Oc3ccncc3)cc2)nn2c1N=CC(c1ccccc1)C2=O. The number of nitriles is 1. The van der Waals surface area contributed by atoms with Crippen molar-refractivity contribution in [1.82, 2.24) is 14.8 Å². The van der Waals surface area contributed by atoms with E-state index in [1.807, 2.05) is 30.3 Å². The second-order valence-electron chi connectivity index (χ2n) is 7.01. The Hall–Kier alpha value is -4.77. The number of nitrogens with one attached hydrogen (secondary N) is 1. The number of hydrogen-bond acceptors (Lipinski definition) is 7. The fourth-order valence-electron chi connectivity index (χ4n) is 3.39. The van der Waals surface area contributed by atoms with Crippen molar-refractivity contribution in [2.45, 2.75) is 5.92 Å². The van der Waals surface area contributed by atoms with Crippen LogP contribution in [-0.2, 0) is 0 Å². The second-order valence-corrected chi connectivity index (χ2v) is 7.01.